The molecule has 1 rings (SSSR count). The van der Waals surface area contributed by atoms with Crippen LogP contribution in [0, 0.1) is 5.82 Å². The van der Waals surface area contributed by atoms with Crippen LogP contribution in [-0.4, -0.2) is 30.8 Å². The van der Waals surface area contributed by atoms with Crippen molar-refractivity contribution in [2.45, 2.75) is 11.8 Å². The summed E-state index contributed by atoms with van der Waals surface area (Å²) in [4.78, 5) is 0.120. The molecular weight excluding hydrogens is 263 g/mol. The number of sulfonamides is 1. The van der Waals surface area contributed by atoms with Gasteiger partial charge in [0.2, 0.25) is 10.0 Å². The highest BCUT2D eigenvalue weighted by Gasteiger charge is 2.23. The standard InChI is InChI=1S/C10H13FN2O2S2/c1-2-13(7-10(12)16)17(14,15)9-5-3-8(11)4-6-9/h3-6H,2,7H2,1H3,(H2,12,16). The zero-order valence-corrected chi connectivity index (χ0v) is 10.9. The second kappa shape index (κ2) is 5.52. The molecule has 0 amide bonds. The van der Waals surface area contributed by atoms with Crippen LogP contribution >= 0.6 is 12.2 Å². The molecule has 17 heavy (non-hydrogen) atoms. The lowest BCUT2D eigenvalue weighted by Crippen LogP contribution is -2.37. The molecule has 0 unspecified atom stereocenters. The number of thiocarbonyl (C=S) groups is 1. The summed E-state index contributed by atoms with van der Waals surface area (Å²) >= 11 is 4.69. The molecule has 0 spiro atoms. The van der Waals surface area contributed by atoms with Crippen molar-refractivity contribution in [1.29, 1.82) is 0 Å². The Hall–Kier alpha value is -1.05. The number of nitrogens with zero attached hydrogens (tertiary/aromatic N) is 1. The monoisotopic (exact) mass is 276 g/mol. The normalized spacial score (nSPS) is 11.7. The predicted octanol–water partition coefficient (Wildman–Crippen LogP) is 1.12. The van der Waals surface area contributed by atoms with Crippen molar-refractivity contribution in [3.05, 3.63) is 30.1 Å². The van der Waals surface area contributed by atoms with Gasteiger partial charge < -0.3 is 5.73 Å². The molecule has 4 nitrogen and oxygen atoms in total. The SMILES string of the molecule is CCN(CC(N)=S)S(=O)(=O)c1ccc(F)cc1. The van der Waals surface area contributed by atoms with E-state index in [0.717, 1.165) is 16.4 Å². The third kappa shape index (κ3) is 3.45. The Morgan fingerprint density at radius 2 is 1.94 bits per heavy atom. The van der Waals surface area contributed by atoms with E-state index in [4.69, 9.17) is 5.73 Å². The first-order valence-electron chi connectivity index (χ1n) is 4.92. The topological polar surface area (TPSA) is 63.4 Å². The van der Waals surface area contributed by atoms with Gasteiger partial charge in [-0.3, -0.25) is 0 Å². The minimum absolute atomic E-state index is 0.0223. The van der Waals surface area contributed by atoms with Crippen LogP contribution in [0.15, 0.2) is 29.2 Å². The molecule has 0 bridgehead atoms. The van der Waals surface area contributed by atoms with E-state index in [1.165, 1.54) is 12.1 Å². The van der Waals surface area contributed by atoms with Gasteiger partial charge in [0.05, 0.1) is 16.4 Å². The third-order valence-electron chi connectivity index (χ3n) is 2.14. The molecule has 0 radical (unpaired) electrons. The number of rotatable bonds is 5. The van der Waals surface area contributed by atoms with Gasteiger partial charge in [-0.1, -0.05) is 19.1 Å². The van der Waals surface area contributed by atoms with Crippen molar-refractivity contribution in [3.8, 4) is 0 Å². The van der Waals surface area contributed by atoms with Gasteiger partial charge in [-0.05, 0) is 24.3 Å². The first-order valence-corrected chi connectivity index (χ1v) is 6.76. The van der Waals surface area contributed by atoms with Crippen LogP contribution in [0.4, 0.5) is 4.39 Å². The fourth-order valence-corrected chi connectivity index (χ4v) is 2.96. The van der Waals surface area contributed by atoms with Gasteiger partial charge in [0, 0.05) is 6.54 Å². The van der Waals surface area contributed by atoms with Crippen molar-refractivity contribution in [2.75, 3.05) is 13.1 Å². The summed E-state index contributed by atoms with van der Waals surface area (Å²) < 4.78 is 38.1. The summed E-state index contributed by atoms with van der Waals surface area (Å²) in [5, 5.41) is 0. The predicted molar refractivity (Wildman–Crippen MR) is 67.6 cm³/mol. The number of benzene rings is 1. The maximum absolute atomic E-state index is 12.7. The van der Waals surface area contributed by atoms with Crippen LogP contribution in [0.5, 0.6) is 0 Å². The minimum Gasteiger partial charge on any atom is -0.392 e. The van der Waals surface area contributed by atoms with Crippen LogP contribution < -0.4 is 5.73 Å². The van der Waals surface area contributed by atoms with Crippen molar-refractivity contribution < 1.29 is 12.8 Å². The largest absolute Gasteiger partial charge is 0.392 e. The van der Waals surface area contributed by atoms with Crippen LogP contribution in [0.1, 0.15) is 6.92 Å². The highest BCUT2D eigenvalue weighted by molar-refractivity contribution is 7.89. The summed E-state index contributed by atoms with van der Waals surface area (Å²) in [6.45, 7) is 1.90. The van der Waals surface area contributed by atoms with Crippen LogP contribution in [0.2, 0.25) is 0 Å². The van der Waals surface area contributed by atoms with Gasteiger partial charge >= 0.3 is 0 Å². The Morgan fingerprint density at radius 3 is 2.35 bits per heavy atom. The summed E-state index contributed by atoms with van der Waals surface area (Å²) in [7, 11) is -3.66. The Kier molecular flexibility index (Phi) is 4.55. The summed E-state index contributed by atoms with van der Waals surface area (Å²) in [6, 6.07) is 4.63. The molecule has 0 aliphatic rings. The van der Waals surface area contributed by atoms with E-state index in [1.54, 1.807) is 6.92 Å². The maximum atomic E-state index is 12.7. The third-order valence-corrected chi connectivity index (χ3v) is 4.20. The highest BCUT2D eigenvalue weighted by atomic mass is 32.2. The van der Waals surface area contributed by atoms with Crippen LogP contribution in [0.25, 0.3) is 0 Å². The second-order valence-corrected chi connectivity index (χ2v) is 5.81. The average molecular weight is 276 g/mol. The fraction of sp³-hybridized carbons (Fsp3) is 0.300. The van der Waals surface area contributed by atoms with Gasteiger partial charge in [-0.2, -0.15) is 4.31 Å². The van der Waals surface area contributed by atoms with E-state index in [9.17, 15) is 12.8 Å². The molecule has 0 fully saturated rings. The molecular formula is C10H13FN2O2S2. The quantitative estimate of drug-likeness (QED) is 0.819. The molecule has 0 atom stereocenters. The number of hydrogen-bond acceptors (Lipinski definition) is 3. The second-order valence-electron chi connectivity index (χ2n) is 3.35. The molecule has 0 aromatic heterocycles. The van der Waals surface area contributed by atoms with E-state index < -0.39 is 15.8 Å². The van der Waals surface area contributed by atoms with Crippen molar-refractivity contribution in [1.82, 2.24) is 4.31 Å². The number of nitrogens with two attached hydrogens (primary N) is 1. The molecule has 1 aromatic rings. The maximum Gasteiger partial charge on any atom is 0.243 e. The summed E-state index contributed by atoms with van der Waals surface area (Å²) in [5.41, 5.74) is 5.33. The zero-order chi connectivity index (χ0) is 13.1. The highest BCUT2D eigenvalue weighted by Crippen LogP contribution is 2.15. The molecule has 0 aliphatic heterocycles. The minimum atomic E-state index is -3.66. The zero-order valence-electron chi connectivity index (χ0n) is 9.26. The molecule has 0 aliphatic carbocycles. The van der Waals surface area contributed by atoms with E-state index in [-0.39, 0.29) is 23.0 Å². The molecule has 94 valence electrons. The van der Waals surface area contributed by atoms with E-state index in [2.05, 4.69) is 12.2 Å². The van der Waals surface area contributed by atoms with Crippen molar-refractivity contribution in [2.24, 2.45) is 5.73 Å². The molecule has 2 N–H and O–H groups in total. The lowest BCUT2D eigenvalue weighted by molar-refractivity contribution is 0.468. The first-order chi connectivity index (χ1) is 7.87. The molecule has 0 saturated carbocycles. The van der Waals surface area contributed by atoms with Gasteiger partial charge in [0.1, 0.15) is 5.82 Å². The Morgan fingerprint density at radius 1 is 1.41 bits per heavy atom. The van der Waals surface area contributed by atoms with Crippen molar-refractivity contribution >= 4 is 27.2 Å². The summed E-state index contributed by atoms with van der Waals surface area (Å²) in [5.74, 6) is -0.485. The average Bonchev–Trinajstić information content (AvgIpc) is 2.26. The lowest BCUT2D eigenvalue weighted by Gasteiger charge is -2.19. The van der Waals surface area contributed by atoms with Gasteiger partial charge in [0.15, 0.2) is 0 Å². The van der Waals surface area contributed by atoms with Gasteiger partial charge in [-0.15, -0.1) is 0 Å². The smallest absolute Gasteiger partial charge is 0.243 e. The molecule has 0 saturated heterocycles. The van der Waals surface area contributed by atoms with E-state index in [1.807, 2.05) is 0 Å². The Labute approximate surface area is 105 Å². The van der Waals surface area contributed by atoms with Crippen molar-refractivity contribution in [3.63, 3.8) is 0 Å². The number of likely N-dealkylation sites (N-methyl/N-ethyl adjacent to an activating group) is 1. The van der Waals surface area contributed by atoms with E-state index in [0.29, 0.717) is 0 Å². The lowest BCUT2D eigenvalue weighted by atomic mass is 10.4. The fourth-order valence-electron chi connectivity index (χ4n) is 1.30. The van der Waals surface area contributed by atoms with Gasteiger partial charge in [-0.25, -0.2) is 12.8 Å². The number of halogens is 1. The summed E-state index contributed by atoms with van der Waals surface area (Å²) in [6.07, 6.45) is 0. The molecule has 7 heteroatoms. The molecule has 1 aromatic carbocycles. The van der Waals surface area contributed by atoms with Gasteiger partial charge in [0.25, 0.3) is 0 Å². The Balaban J connectivity index is 3.08. The number of hydrogen-bond donors (Lipinski definition) is 1. The molecule has 0 heterocycles. The van der Waals surface area contributed by atoms with Crippen LogP contribution in [-0.2, 0) is 10.0 Å². The first kappa shape index (κ1) is 14.0. The van der Waals surface area contributed by atoms with E-state index >= 15 is 0 Å². The Bertz CT molecular complexity index is 500. The van der Waals surface area contributed by atoms with Crippen LogP contribution in [0.3, 0.4) is 0 Å².